The molecule has 2 aromatic rings. The van der Waals surface area contributed by atoms with Gasteiger partial charge in [-0.1, -0.05) is 36.2 Å². The minimum Gasteiger partial charge on any atom is -0.351 e. The smallest absolute Gasteiger partial charge is 0.253 e. The molecular weight excluding hydrogens is 445 g/mol. The van der Waals surface area contributed by atoms with E-state index in [4.69, 9.17) is 23.2 Å². The molecule has 1 aromatic heterocycles. The van der Waals surface area contributed by atoms with Gasteiger partial charge in [0, 0.05) is 18.3 Å². The number of carbonyl (C=O) groups is 2. The van der Waals surface area contributed by atoms with Crippen molar-refractivity contribution < 1.29 is 18.0 Å². The number of carbonyl (C=O) groups excluding carboxylic acids is 2. The van der Waals surface area contributed by atoms with Crippen molar-refractivity contribution in [2.75, 3.05) is 18.4 Å². The molecule has 0 unspecified atom stereocenters. The van der Waals surface area contributed by atoms with Crippen LogP contribution in [0.1, 0.15) is 18.7 Å². The second-order valence-corrected chi connectivity index (χ2v) is 9.85. The molecule has 152 valence electrons. The molecule has 0 aliphatic carbocycles. The van der Waals surface area contributed by atoms with Crippen LogP contribution < -0.4 is 10.6 Å². The number of halogens is 2. The molecule has 0 aliphatic rings. The second kappa shape index (κ2) is 9.71. The molecule has 0 radical (unpaired) electrons. The summed E-state index contributed by atoms with van der Waals surface area (Å²) in [5, 5.41) is 5.68. The SMILES string of the molecule is CCN(CC(=O)Nc1c(Cl)cccc1Cl)S(=O)(=O)c1ccc(CNC(C)=O)s1. The van der Waals surface area contributed by atoms with Gasteiger partial charge in [-0.15, -0.1) is 11.3 Å². The predicted molar refractivity (Wildman–Crippen MR) is 111 cm³/mol. The molecule has 2 rings (SSSR count). The normalized spacial score (nSPS) is 11.5. The third kappa shape index (κ3) is 5.68. The summed E-state index contributed by atoms with van der Waals surface area (Å²) in [6.07, 6.45) is 0. The minimum absolute atomic E-state index is 0.0956. The molecular formula is C17H19Cl2N3O4S2. The first-order chi connectivity index (χ1) is 13.1. The Hall–Kier alpha value is -1.65. The van der Waals surface area contributed by atoms with Crippen molar-refractivity contribution in [3.8, 4) is 0 Å². The Kier molecular flexibility index (Phi) is 7.85. The maximum atomic E-state index is 12.9. The number of thiophene rings is 1. The summed E-state index contributed by atoms with van der Waals surface area (Å²) in [4.78, 5) is 24.1. The average Bonchev–Trinajstić information content (AvgIpc) is 3.11. The molecule has 0 bridgehead atoms. The fraction of sp³-hybridized carbons (Fsp3) is 0.294. The maximum Gasteiger partial charge on any atom is 0.253 e. The molecule has 2 N–H and O–H groups in total. The summed E-state index contributed by atoms with van der Waals surface area (Å²) < 4.78 is 26.9. The van der Waals surface area contributed by atoms with Gasteiger partial charge in [-0.3, -0.25) is 9.59 Å². The standard InChI is InChI=1S/C17H19Cl2N3O4S2/c1-3-22(10-15(24)21-17-13(18)5-4-6-14(17)19)28(25,26)16-8-7-12(27-16)9-20-11(2)23/h4-8H,3,9-10H2,1-2H3,(H,20,23)(H,21,24). The monoisotopic (exact) mass is 463 g/mol. The van der Waals surface area contributed by atoms with Crippen LogP contribution in [0.4, 0.5) is 5.69 Å². The van der Waals surface area contributed by atoms with E-state index in [2.05, 4.69) is 10.6 Å². The summed E-state index contributed by atoms with van der Waals surface area (Å²) in [6, 6.07) is 7.87. The van der Waals surface area contributed by atoms with E-state index in [9.17, 15) is 18.0 Å². The largest absolute Gasteiger partial charge is 0.351 e. The number of hydrogen-bond acceptors (Lipinski definition) is 5. The summed E-state index contributed by atoms with van der Waals surface area (Å²) in [7, 11) is -3.86. The van der Waals surface area contributed by atoms with Gasteiger partial charge in [-0.05, 0) is 24.3 Å². The lowest BCUT2D eigenvalue weighted by Gasteiger charge is -2.19. The Morgan fingerprint density at radius 3 is 2.36 bits per heavy atom. The van der Waals surface area contributed by atoms with Crippen molar-refractivity contribution >= 4 is 62.1 Å². The number of likely N-dealkylation sites (N-methyl/N-ethyl adjacent to an activating group) is 1. The third-order valence-corrected chi connectivity index (χ3v) is 7.75. The molecule has 0 spiro atoms. The van der Waals surface area contributed by atoms with E-state index < -0.39 is 15.9 Å². The molecule has 0 saturated carbocycles. The van der Waals surface area contributed by atoms with Crippen LogP contribution in [0.3, 0.4) is 0 Å². The van der Waals surface area contributed by atoms with Crippen LogP contribution in [-0.2, 0) is 26.2 Å². The van der Waals surface area contributed by atoms with E-state index >= 15 is 0 Å². The lowest BCUT2D eigenvalue weighted by molar-refractivity contribution is -0.119. The number of nitrogens with zero attached hydrogens (tertiary/aromatic N) is 1. The van der Waals surface area contributed by atoms with Crippen molar-refractivity contribution in [2.45, 2.75) is 24.6 Å². The van der Waals surface area contributed by atoms with Gasteiger partial charge in [0.05, 0.1) is 28.8 Å². The molecule has 0 aliphatic heterocycles. The Labute approximate surface area is 177 Å². The van der Waals surface area contributed by atoms with E-state index in [1.165, 1.54) is 13.0 Å². The topological polar surface area (TPSA) is 95.6 Å². The zero-order valence-corrected chi connectivity index (χ0v) is 18.3. The Bertz CT molecular complexity index is 956. The van der Waals surface area contributed by atoms with Crippen molar-refractivity contribution in [3.63, 3.8) is 0 Å². The Balaban J connectivity index is 2.13. The Morgan fingerprint density at radius 1 is 1.14 bits per heavy atom. The van der Waals surface area contributed by atoms with E-state index in [-0.39, 0.29) is 45.5 Å². The van der Waals surface area contributed by atoms with Crippen LogP contribution in [0.25, 0.3) is 0 Å². The molecule has 0 atom stereocenters. The van der Waals surface area contributed by atoms with Gasteiger partial charge >= 0.3 is 0 Å². The maximum absolute atomic E-state index is 12.9. The molecule has 7 nitrogen and oxygen atoms in total. The zero-order chi connectivity index (χ0) is 20.9. The van der Waals surface area contributed by atoms with Crippen molar-refractivity contribution in [2.24, 2.45) is 0 Å². The highest BCUT2D eigenvalue weighted by molar-refractivity contribution is 7.91. The first kappa shape index (κ1) is 22.6. The van der Waals surface area contributed by atoms with Crippen molar-refractivity contribution in [1.82, 2.24) is 9.62 Å². The number of rotatable bonds is 8. The van der Waals surface area contributed by atoms with Crippen molar-refractivity contribution in [1.29, 1.82) is 0 Å². The highest BCUT2D eigenvalue weighted by Crippen LogP contribution is 2.30. The fourth-order valence-corrected chi connectivity index (χ4v) is 5.60. The molecule has 0 fully saturated rings. The lowest BCUT2D eigenvalue weighted by Crippen LogP contribution is -2.37. The molecule has 11 heteroatoms. The number of amides is 2. The fourth-order valence-electron chi connectivity index (χ4n) is 2.25. The highest BCUT2D eigenvalue weighted by Gasteiger charge is 2.27. The van der Waals surface area contributed by atoms with Gasteiger partial charge in [-0.25, -0.2) is 8.42 Å². The summed E-state index contributed by atoms with van der Waals surface area (Å²) in [5.74, 6) is -0.765. The molecule has 1 heterocycles. The molecule has 1 aromatic carbocycles. The van der Waals surface area contributed by atoms with Crippen LogP contribution in [-0.4, -0.2) is 37.6 Å². The van der Waals surface area contributed by atoms with E-state index in [0.29, 0.717) is 4.88 Å². The highest BCUT2D eigenvalue weighted by atomic mass is 35.5. The van der Waals surface area contributed by atoms with Gasteiger partial charge in [0.1, 0.15) is 4.21 Å². The van der Waals surface area contributed by atoms with Gasteiger partial charge in [0.2, 0.25) is 11.8 Å². The Morgan fingerprint density at radius 2 is 1.79 bits per heavy atom. The van der Waals surface area contributed by atoms with Crippen LogP contribution >= 0.6 is 34.5 Å². The number of sulfonamides is 1. The van der Waals surface area contributed by atoms with Crippen LogP contribution in [0.5, 0.6) is 0 Å². The molecule has 2 amide bonds. The molecule has 28 heavy (non-hydrogen) atoms. The quantitative estimate of drug-likeness (QED) is 0.627. The summed E-state index contributed by atoms with van der Waals surface area (Å²) >= 11 is 13.1. The van der Waals surface area contributed by atoms with Crippen LogP contribution in [0.15, 0.2) is 34.5 Å². The minimum atomic E-state index is -3.86. The number of nitrogens with one attached hydrogen (secondary N) is 2. The first-order valence-corrected chi connectivity index (χ1v) is 11.2. The van der Waals surface area contributed by atoms with Gasteiger partial charge < -0.3 is 10.6 Å². The van der Waals surface area contributed by atoms with Crippen LogP contribution in [0.2, 0.25) is 10.0 Å². The van der Waals surface area contributed by atoms with Gasteiger partial charge in [0.15, 0.2) is 0 Å². The average molecular weight is 464 g/mol. The van der Waals surface area contributed by atoms with E-state index in [1.54, 1.807) is 31.2 Å². The second-order valence-electron chi connectivity index (χ2n) is 5.71. The number of benzene rings is 1. The zero-order valence-electron chi connectivity index (χ0n) is 15.2. The number of para-hydroxylation sites is 1. The summed E-state index contributed by atoms with van der Waals surface area (Å²) in [5.41, 5.74) is 0.234. The van der Waals surface area contributed by atoms with Gasteiger partial charge in [-0.2, -0.15) is 4.31 Å². The van der Waals surface area contributed by atoms with Gasteiger partial charge in [0.25, 0.3) is 10.0 Å². The molecule has 0 saturated heterocycles. The van der Waals surface area contributed by atoms with E-state index in [1.807, 2.05) is 0 Å². The predicted octanol–water partition coefficient (Wildman–Crippen LogP) is 3.34. The lowest BCUT2D eigenvalue weighted by atomic mass is 10.3. The number of anilines is 1. The number of hydrogen-bond donors (Lipinski definition) is 2. The first-order valence-electron chi connectivity index (χ1n) is 8.22. The van der Waals surface area contributed by atoms with E-state index in [0.717, 1.165) is 15.6 Å². The third-order valence-electron chi connectivity index (χ3n) is 3.64. The summed E-state index contributed by atoms with van der Waals surface area (Å²) in [6.45, 7) is 2.98. The van der Waals surface area contributed by atoms with Crippen molar-refractivity contribution in [3.05, 3.63) is 45.3 Å². The van der Waals surface area contributed by atoms with Crippen LogP contribution in [0, 0.1) is 0 Å².